The van der Waals surface area contributed by atoms with Crippen LogP contribution >= 0.6 is 0 Å². The first kappa shape index (κ1) is 46.4. The Kier molecular flexibility index (Phi) is 15.0. The summed E-state index contributed by atoms with van der Waals surface area (Å²) >= 11 is 0. The molecule has 0 radical (unpaired) electrons. The number of nitrogens with one attached hydrogen (secondary N) is 1. The van der Waals surface area contributed by atoms with Crippen LogP contribution in [-0.4, -0.2) is 71.2 Å². The normalized spacial score (nSPS) is 25.9. The highest BCUT2D eigenvalue weighted by molar-refractivity contribution is 5.90. The van der Waals surface area contributed by atoms with E-state index >= 15 is 0 Å². The fraction of sp³-hybridized carbons (Fsp3) is 0.527. The fourth-order valence-corrected chi connectivity index (χ4v) is 12.0. The number of phenolic OH excluding ortho intramolecular Hbond substituents is 2. The summed E-state index contributed by atoms with van der Waals surface area (Å²) in [6.45, 7) is 4.92. The Balaban J connectivity index is 1.32. The number of guanidine groups is 1. The molecule has 0 saturated heterocycles. The molecule has 1 aliphatic heterocycles. The lowest BCUT2D eigenvalue weighted by Gasteiger charge is -2.50. The first-order valence-corrected chi connectivity index (χ1v) is 24.2. The quantitative estimate of drug-likeness (QED) is 0.0561. The van der Waals surface area contributed by atoms with Crippen LogP contribution in [0, 0.1) is 41.4 Å². The van der Waals surface area contributed by atoms with Crippen molar-refractivity contribution in [1.29, 1.82) is 0 Å². The van der Waals surface area contributed by atoms with Crippen molar-refractivity contribution in [2.45, 2.75) is 128 Å². The van der Waals surface area contributed by atoms with Gasteiger partial charge in [0.25, 0.3) is 0 Å². The van der Waals surface area contributed by atoms with Crippen LogP contribution in [0.5, 0.6) is 17.2 Å². The number of methoxy groups -OCH3 is 1. The summed E-state index contributed by atoms with van der Waals surface area (Å²) in [6, 6.07) is 16.3. The van der Waals surface area contributed by atoms with Crippen LogP contribution in [-0.2, 0) is 28.9 Å². The number of aryl methyl sites for hydroxylation is 1. The van der Waals surface area contributed by atoms with Gasteiger partial charge in [-0.05, 0) is 158 Å². The highest BCUT2D eigenvalue weighted by Gasteiger charge is 2.48. The topological polar surface area (TPSA) is 167 Å². The lowest BCUT2D eigenvalue weighted by molar-refractivity contribution is -0.114. The number of nitrogens with two attached hydrogens (primary N) is 1. The molecule has 65 heavy (non-hydrogen) atoms. The maximum Gasteiger partial charge on any atom is 0.189 e. The Hall–Kier alpha value is -5.08. The summed E-state index contributed by atoms with van der Waals surface area (Å²) in [7, 11) is 1.76. The number of aromatic hydroxyl groups is 2. The van der Waals surface area contributed by atoms with Crippen LogP contribution < -0.4 is 15.8 Å². The number of benzene rings is 3. The van der Waals surface area contributed by atoms with Gasteiger partial charge in [0.1, 0.15) is 5.75 Å². The second-order valence-corrected chi connectivity index (χ2v) is 19.6. The molecule has 7 N–H and O–H groups in total. The van der Waals surface area contributed by atoms with Gasteiger partial charge in [-0.1, -0.05) is 67.7 Å². The number of allylic oxidation sites excluding steroid dienone is 3. The number of fused-ring (bicyclic) bond motifs is 10. The minimum absolute atomic E-state index is 0.000986. The van der Waals surface area contributed by atoms with Crippen molar-refractivity contribution < 1.29 is 34.7 Å². The molecule has 3 aromatic carbocycles. The number of rotatable bonds is 13. The van der Waals surface area contributed by atoms with Gasteiger partial charge < -0.3 is 41.0 Å². The Morgan fingerprint density at radius 2 is 1.86 bits per heavy atom. The van der Waals surface area contributed by atoms with Crippen LogP contribution in [0.3, 0.4) is 0 Å². The van der Waals surface area contributed by atoms with Crippen LogP contribution in [0.4, 0.5) is 0 Å². The van der Waals surface area contributed by atoms with E-state index in [0.29, 0.717) is 74.9 Å². The van der Waals surface area contributed by atoms with E-state index in [2.05, 4.69) is 60.5 Å². The maximum atomic E-state index is 13.8. The van der Waals surface area contributed by atoms with E-state index in [4.69, 9.17) is 20.2 Å². The number of carbonyl (C=O) groups excluding carboxylic acids is 1. The second kappa shape index (κ2) is 21.0. The summed E-state index contributed by atoms with van der Waals surface area (Å²) < 4.78 is 13.0. The Bertz CT molecular complexity index is 2350. The van der Waals surface area contributed by atoms with E-state index in [9.17, 15) is 25.2 Å². The molecule has 10 nitrogen and oxygen atoms in total. The molecule has 10 heteroatoms. The van der Waals surface area contributed by atoms with Crippen LogP contribution in [0.2, 0.25) is 0 Å². The molecule has 1 heterocycles. The van der Waals surface area contributed by atoms with E-state index in [0.717, 1.165) is 77.5 Å². The second-order valence-electron chi connectivity index (χ2n) is 19.6. The predicted molar refractivity (Wildman–Crippen MR) is 255 cm³/mol. The number of ketones is 1. The number of nitrogens with zero attached hydrogens (tertiary/aromatic N) is 1. The average molecular weight is 884 g/mol. The first-order valence-electron chi connectivity index (χ1n) is 24.2. The largest absolute Gasteiger partial charge is 0.508 e. The zero-order valence-electron chi connectivity index (χ0n) is 38.5. The zero-order valence-corrected chi connectivity index (χ0v) is 38.5. The van der Waals surface area contributed by atoms with Crippen molar-refractivity contribution in [2.75, 3.05) is 26.9 Å². The van der Waals surface area contributed by atoms with Crippen molar-refractivity contribution in [2.24, 2.45) is 40.3 Å². The van der Waals surface area contributed by atoms with Gasteiger partial charge in [-0.3, -0.25) is 4.79 Å². The summed E-state index contributed by atoms with van der Waals surface area (Å²) in [5.41, 5.74) is 15.4. The lowest BCUT2D eigenvalue weighted by Crippen LogP contribution is -2.45. The van der Waals surface area contributed by atoms with Gasteiger partial charge in [0.2, 0.25) is 0 Å². The summed E-state index contributed by atoms with van der Waals surface area (Å²) in [5.74, 6) is 8.22. The minimum atomic E-state index is -0.245. The Labute approximate surface area is 385 Å². The molecule has 2 saturated carbocycles. The minimum Gasteiger partial charge on any atom is -0.508 e. The van der Waals surface area contributed by atoms with Gasteiger partial charge in [0.15, 0.2) is 23.2 Å². The SMILES string of the molecule is CC[C@@H](CCO)/C(=C/C(=O)CCc1cc(OC2CCCC2)c(O)c2c1C#CC[C@H]1C[C@H]3C=C4[C@@H](C[C@H](C)C[C@H]4[C@H]2[C@H]3COC)c2cc(O)cc(c2)Cc2cccc(c2)CN=C(N)N1)CO. The molecule has 346 valence electrons. The average Bonchev–Trinajstić information content (AvgIpc) is 3.80. The van der Waals surface area contributed by atoms with E-state index in [1.54, 1.807) is 13.2 Å². The third-order valence-corrected chi connectivity index (χ3v) is 15.0. The van der Waals surface area contributed by atoms with Gasteiger partial charge in [-0.2, -0.15) is 0 Å². The number of hydrogen-bond acceptors (Lipinski definition) is 10. The number of hydrogen-bond donors (Lipinski definition) is 6. The third-order valence-electron chi connectivity index (χ3n) is 15.0. The van der Waals surface area contributed by atoms with Crippen molar-refractivity contribution >= 4 is 11.7 Å². The van der Waals surface area contributed by atoms with Gasteiger partial charge >= 0.3 is 0 Å². The molecule has 8 atom stereocenters. The third kappa shape index (κ3) is 10.6. The molecule has 8 rings (SSSR count). The number of aliphatic imine (C=N–C) groups is 1. The molecular weight excluding hydrogens is 815 g/mol. The van der Waals surface area contributed by atoms with Gasteiger partial charge in [-0.15, -0.1) is 0 Å². The van der Waals surface area contributed by atoms with Crippen molar-refractivity contribution in [3.05, 3.63) is 111 Å². The number of ether oxygens (including phenoxy) is 2. The Morgan fingerprint density at radius 3 is 2.63 bits per heavy atom. The molecular formula is C55H69N3O7. The highest BCUT2D eigenvalue weighted by atomic mass is 16.5. The standard InChI is InChI=1S/C55H69N3O7/c1-4-37(17-18-59)41(31-60)27-43(61)16-15-38-29-51(65-45-12-5-6-13-45)54(63)53-46(38)14-8-11-42-25-40-28-48-47(19-33(2)20-49(48)52(53)50(40)32-64-3)39-23-36(24-44(62)26-39)22-34-9-7-10-35(21-34)30-57-55(56)58-42/h7,9-10,21,23-24,26-29,33,37,40,42,45,47,49-50,52,59-60,62-63H,4-6,11-13,15-20,22,25,30-32H2,1-3H3,(H3,56,57,58)/b41-27+/t33-,37-,40-,42-,47-,49+,50-,52-/m0/s1. The van der Waals surface area contributed by atoms with Crippen LogP contribution in [0.25, 0.3) is 0 Å². The van der Waals surface area contributed by atoms with Crippen molar-refractivity contribution in [1.82, 2.24) is 5.32 Å². The fourth-order valence-electron chi connectivity index (χ4n) is 12.0. The predicted octanol–water partition coefficient (Wildman–Crippen LogP) is 8.50. The molecule has 8 bridgehead atoms. The van der Waals surface area contributed by atoms with Gasteiger partial charge in [-0.25, -0.2) is 4.99 Å². The molecule has 0 aromatic heterocycles. The van der Waals surface area contributed by atoms with Crippen LogP contribution in [0.1, 0.15) is 135 Å². The number of phenols is 2. The van der Waals surface area contributed by atoms with E-state index < -0.39 is 0 Å². The number of carbonyl (C=O) groups is 1. The van der Waals surface area contributed by atoms with E-state index in [1.807, 2.05) is 25.1 Å². The molecule has 2 fully saturated rings. The molecule has 0 amide bonds. The lowest BCUT2D eigenvalue weighted by atomic mass is 9.55. The Morgan fingerprint density at radius 1 is 1.05 bits per heavy atom. The molecule has 0 unspecified atom stereocenters. The zero-order chi connectivity index (χ0) is 45.6. The number of aliphatic hydroxyl groups excluding tert-OH is 2. The van der Waals surface area contributed by atoms with Gasteiger partial charge in [0.05, 0.1) is 25.9 Å². The van der Waals surface area contributed by atoms with Crippen molar-refractivity contribution in [3.8, 4) is 29.1 Å². The smallest absolute Gasteiger partial charge is 0.189 e. The molecule has 3 aromatic rings. The van der Waals surface area contributed by atoms with E-state index in [1.165, 1.54) is 5.57 Å². The molecule has 5 aliphatic rings. The summed E-state index contributed by atoms with van der Waals surface area (Å²) in [6.07, 6.45) is 13.4. The highest BCUT2D eigenvalue weighted by Crippen LogP contribution is 2.59. The van der Waals surface area contributed by atoms with E-state index in [-0.39, 0.29) is 84.6 Å². The molecule has 0 spiro atoms. The summed E-state index contributed by atoms with van der Waals surface area (Å²) in [5, 5.41) is 47.8. The first-order chi connectivity index (χ1) is 31.5. The van der Waals surface area contributed by atoms with Gasteiger partial charge in [0, 0.05) is 55.6 Å². The maximum absolute atomic E-state index is 13.8. The molecule has 4 aliphatic carbocycles. The monoisotopic (exact) mass is 884 g/mol. The number of aliphatic hydroxyl groups is 2. The van der Waals surface area contributed by atoms with Crippen LogP contribution in [0.15, 0.2) is 76.8 Å². The summed E-state index contributed by atoms with van der Waals surface area (Å²) in [4.78, 5) is 18.7. The van der Waals surface area contributed by atoms with Crippen molar-refractivity contribution in [3.63, 3.8) is 0 Å².